The molecule has 0 heterocycles. The van der Waals surface area contributed by atoms with Gasteiger partial charge in [0.25, 0.3) is 0 Å². The van der Waals surface area contributed by atoms with E-state index in [-0.39, 0.29) is 18.7 Å². The fourth-order valence-corrected chi connectivity index (χ4v) is 1.16. The van der Waals surface area contributed by atoms with Crippen LogP contribution in [0, 0.1) is 0 Å². The van der Waals surface area contributed by atoms with Crippen molar-refractivity contribution in [2.45, 2.75) is 12.5 Å². The lowest BCUT2D eigenvalue weighted by Crippen LogP contribution is -2.34. The molecule has 0 bridgehead atoms. The minimum absolute atomic E-state index is 0.0883. The molecule has 1 aromatic carbocycles. The maximum atomic E-state index is 11.3. The molecule has 0 aliphatic heterocycles. The summed E-state index contributed by atoms with van der Waals surface area (Å²) in [5, 5.41) is 11.4. The van der Waals surface area contributed by atoms with Crippen LogP contribution >= 0.6 is 0 Å². The van der Waals surface area contributed by atoms with Crippen LogP contribution in [0.3, 0.4) is 0 Å². The Morgan fingerprint density at radius 2 is 1.94 bits per heavy atom. The molecule has 0 fully saturated rings. The van der Waals surface area contributed by atoms with Gasteiger partial charge in [-0.2, -0.15) is 0 Å². The van der Waals surface area contributed by atoms with Crippen molar-refractivity contribution >= 4 is 17.4 Å². The van der Waals surface area contributed by atoms with Gasteiger partial charge in [-0.25, -0.2) is 0 Å². The summed E-state index contributed by atoms with van der Waals surface area (Å²) < 4.78 is 0. The number of carbonyl (C=O) groups excluding carboxylic acids is 1. The van der Waals surface area contributed by atoms with Crippen LogP contribution in [0.25, 0.3) is 0 Å². The SMILES string of the molecule is N[C@@H](CC(=O)CNc1ccccc1)C(=O)O. The third kappa shape index (κ3) is 4.10. The van der Waals surface area contributed by atoms with Gasteiger partial charge >= 0.3 is 5.97 Å². The minimum atomic E-state index is -1.16. The van der Waals surface area contributed by atoms with Crippen molar-refractivity contribution in [1.29, 1.82) is 0 Å². The van der Waals surface area contributed by atoms with E-state index in [0.29, 0.717) is 0 Å². The summed E-state index contributed by atoms with van der Waals surface area (Å²) in [7, 11) is 0. The van der Waals surface area contributed by atoms with Crippen LogP contribution in [0.1, 0.15) is 6.42 Å². The molecule has 16 heavy (non-hydrogen) atoms. The Bertz CT molecular complexity index is 365. The third-order valence-corrected chi connectivity index (χ3v) is 2.03. The first-order chi connectivity index (χ1) is 7.59. The summed E-state index contributed by atoms with van der Waals surface area (Å²) in [4.78, 5) is 21.7. The van der Waals surface area contributed by atoms with Crippen LogP contribution in [0.5, 0.6) is 0 Å². The Balaban J connectivity index is 2.33. The second kappa shape index (κ2) is 5.87. The van der Waals surface area contributed by atoms with Crippen LogP contribution in [0.4, 0.5) is 5.69 Å². The predicted octanol–water partition coefficient (Wildman–Crippen LogP) is 0.470. The fourth-order valence-electron chi connectivity index (χ4n) is 1.16. The molecule has 0 saturated heterocycles. The lowest BCUT2D eigenvalue weighted by molar-refractivity contribution is -0.140. The number of hydrogen-bond donors (Lipinski definition) is 3. The first-order valence-corrected chi connectivity index (χ1v) is 4.88. The molecule has 1 atom stereocenters. The van der Waals surface area contributed by atoms with Crippen molar-refractivity contribution in [3.8, 4) is 0 Å². The Morgan fingerprint density at radius 1 is 1.31 bits per heavy atom. The molecule has 1 aromatic rings. The molecule has 1 rings (SSSR count). The van der Waals surface area contributed by atoms with E-state index in [1.54, 1.807) is 0 Å². The number of anilines is 1. The average Bonchev–Trinajstić information content (AvgIpc) is 2.27. The van der Waals surface area contributed by atoms with Crippen LogP contribution in [0.15, 0.2) is 30.3 Å². The summed E-state index contributed by atoms with van der Waals surface area (Å²) in [5.74, 6) is -1.38. The Hall–Kier alpha value is -1.88. The molecule has 0 spiro atoms. The van der Waals surface area contributed by atoms with E-state index in [4.69, 9.17) is 10.8 Å². The molecular formula is C11H14N2O3. The monoisotopic (exact) mass is 222 g/mol. The van der Waals surface area contributed by atoms with Crippen molar-refractivity contribution in [2.24, 2.45) is 5.73 Å². The van der Waals surface area contributed by atoms with Crippen molar-refractivity contribution in [2.75, 3.05) is 11.9 Å². The molecule has 5 heteroatoms. The first kappa shape index (κ1) is 12.2. The van der Waals surface area contributed by atoms with Crippen molar-refractivity contribution in [3.63, 3.8) is 0 Å². The number of carboxylic acid groups (broad SMARTS) is 1. The molecule has 0 aromatic heterocycles. The van der Waals surface area contributed by atoms with Gasteiger partial charge in [0.05, 0.1) is 6.54 Å². The normalized spacial score (nSPS) is 11.8. The molecule has 5 nitrogen and oxygen atoms in total. The smallest absolute Gasteiger partial charge is 0.320 e. The lowest BCUT2D eigenvalue weighted by atomic mass is 10.1. The lowest BCUT2D eigenvalue weighted by Gasteiger charge is -2.07. The molecular weight excluding hydrogens is 208 g/mol. The summed E-state index contributed by atoms with van der Waals surface area (Å²) in [5.41, 5.74) is 6.06. The number of ketones is 1. The highest BCUT2D eigenvalue weighted by atomic mass is 16.4. The quantitative estimate of drug-likeness (QED) is 0.650. The Kier molecular flexibility index (Phi) is 4.47. The zero-order valence-electron chi connectivity index (χ0n) is 8.72. The van der Waals surface area contributed by atoms with Crippen LogP contribution < -0.4 is 11.1 Å². The van der Waals surface area contributed by atoms with E-state index in [0.717, 1.165) is 5.69 Å². The van der Waals surface area contributed by atoms with E-state index >= 15 is 0 Å². The summed E-state index contributed by atoms with van der Waals surface area (Å²) in [6, 6.07) is 8.08. The number of carboxylic acids is 1. The number of rotatable bonds is 6. The Labute approximate surface area is 93.3 Å². The van der Waals surface area contributed by atoms with Crippen LogP contribution in [-0.4, -0.2) is 29.4 Å². The molecule has 0 radical (unpaired) electrons. The van der Waals surface area contributed by atoms with Gasteiger partial charge in [0.2, 0.25) is 0 Å². The van der Waals surface area contributed by atoms with Crippen molar-refractivity contribution in [1.82, 2.24) is 0 Å². The van der Waals surface area contributed by atoms with Gasteiger partial charge in [-0.3, -0.25) is 9.59 Å². The molecule has 0 aliphatic rings. The summed E-state index contributed by atoms with van der Waals surface area (Å²) in [6.45, 7) is 0.0883. The van der Waals surface area contributed by atoms with Gasteiger partial charge < -0.3 is 16.2 Å². The highest BCUT2D eigenvalue weighted by molar-refractivity contribution is 5.88. The highest BCUT2D eigenvalue weighted by Crippen LogP contribution is 2.04. The highest BCUT2D eigenvalue weighted by Gasteiger charge is 2.15. The minimum Gasteiger partial charge on any atom is -0.480 e. The summed E-state index contributed by atoms with van der Waals surface area (Å²) >= 11 is 0. The third-order valence-electron chi connectivity index (χ3n) is 2.03. The Morgan fingerprint density at radius 3 is 2.50 bits per heavy atom. The predicted molar refractivity (Wildman–Crippen MR) is 60.2 cm³/mol. The van der Waals surface area contributed by atoms with Crippen LogP contribution in [-0.2, 0) is 9.59 Å². The second-order valence-electron chi connectivity index (χ2n) is 3.41. The molecule has 0 amide bonds. The number of aliphatic carboxylic acids is 1. The van der Waals surface area contributed by atoms with E-state index in [1.165, 1.54) is 0 Å². The van der Waals surface area contributed by atoms with Gasteiger partial charge in [-0.05, 0) is 12.1 Å². The van der Waals surface area contributed by atoms with E-state index in [9.17, 15) is 9.59 Å². The standard InChI is InChI=1S/C11H14N2O3/c12-10(11(15)16)6-9(14)7-13-8-4-2-1-3-5-8/h1-5,10,13H,6-7,12H2,(H,15,16)/t10-/m0/s1. The number of benzene rings is 1. The maximum Gasteiger partial charge on any atom is 0.320 e. The van der Waals surface area contributed by atoms with Gasteiger partial charge in [-0.15, -0.1) is 0 Å². The molecule has 0 unspecified atom stereocenters. The number of carbonyl (C=O) groups is 2. The van der Waals surface area contributed by atoms with Gasteiger partial charge in [0, 0.05) is 12.1 Å². The van der Waals surface area contributed by atoms with E-state index < -0.39 is 12.0 Å². The fraction of sp³-hybridized carbons (Fsp3) is 0.273. The molecule has 0 saturated carbocycles. The van der Waals surface area contributed by atoms with Gasteiger partial charge in [-0.1, -0.05) is 18.2 Å². The average molecular weight is 222 g/mol. The molecule has 86 valence electrons. The van der Waals surface area contributed by atoms with Gasteiger partial charge in [0.1, 0.15) is 6.04 Å². The molecule has 0 aliphatic carbocycles. The first-order valence-electron chi connectivity index (χ1n) is 4.88. The van der Waals surface area contributed by atoms with Crippen LogP contribution in [0.2, 0.25) is 0 Å². The van der Waals surface area contributed by atoms with E-state index in [2.05, 4.69) is 5.32 Å². The topological polar surface area (TPSA) is 92.4 Å². The van der Waals surface area contributed by atoms with Crippen molar-refractivity contribution < 1.29 is 14.7 Å². The zero-order valence-corrected chi connectivity index (χ0v) is 8.72. The van der Waals surface area contributed by atoms with E-state index in [1.807, 2.05) is 30.3 Å². The van der Waals surface area contributed by atoms with Crippen molar-refractivity contribution in [3.05, 3.63) is 30.3 Å². The number of hydrogen-bond acceptors (Lipinski definition) is 4. The largest absolute Gasteiger partial charge is 0.480 e. The zero-order chi connectivity index (χ0) is 12.0. The number of para-hydroxylation sites is 1. The number of Topliss-reactive ketones (excluding diaryl/α,β-unsaturated/α-hetero) is 1. The molecule has 4 N–H and O–H groups in total. The number of nitrogens with two attached hydrogens (primary N) is 1. The summed E-state index contributed by atoms with van der Waals surface area (Å²) in [6.07, 6.45) is -0.158. The number of nitrogens with one attached hydrogen (secondary N) is 1. The van der Waals surface area contributed by atoms with Gasteiger partial charge in [0.15, 0.2) is 5.78 Å². The second-order valence-corrected chi connectivity index (χ2v) is 3.41. The maximum absolute atomic E-state index is 11.3.